The average Bonchev–Trinajstić information content (AvgIpc) is 3.53. The summed E-state index contributed by atoms with van der Waals surface area (Å²) in [6.07, 6.45) is 10.2. The van der Waals surface area contributed by atoms with Gasteiger partial charge in [-0.3, -0.25) is 19.6 Å². The number of benzene rings is 1. The van der Waals surface area contributed by atoms with Crippen LogP contribution in [-0.2, 0) is 13.5 Å². The van der Waals surface area contributed by atoms with Crippen molar-refractivity contribution < 1.29 is 9.59 Å². The van der Waals surface area contributed by atoms with Crippen molar-refractivity contribution in [3.63, 3.8) is 0 Å². The molecule has 1 N–H and O–H groups in total. The highest BCUT2D eigenvalue weighted by Crippen LogP contribution is 2.34. The summed E-state index contributed by atoms with van der Waals surface area (Å²) in [4.78, 5) is 31.7. The van der Waals surface area contributed by atoms with Gasteiger partial charge >= 0.3 is 0 Å². The van der Waals surface area contributed by atoms with Crippen LogP contribution in [0, 0.1) is 5.92 Å². The second kappa shape index (κ2) is 7.79. The molecule has 5 heterocycles. The molecule has 34 heavy (non-hydrogen) atoms. The molecule has 9 heteroatoms. The second-order valence-corrected chi connectivity index (χ2v) is 9.27. The summed E-state index contributed by atoms with van der Waals surface area (Å²) in [7, 11) is 1.89. The van der Waals surface area contributed by atoms with Gasteiger partial charge in [-0.15, -0.1) is 0 Å². The third-order valence-corrected chi connectivity index (χ3v) is 6.99. The number of nitrogens with one attached hydrogen (secondary N) is 1. The Labute approximate surface area is 196 Å². The molecule has 0 radical (unpaired) electrons. The third-order valence-electron chi connectivity index (χ3n) is 6.99. The topological polar surface area (TPSA) is 97.4 Å². The van der Waals surface area contributed by atoms with E-state index < -0.39 is 0 Å². The van der Waals surface area contributed by atoms with Gasteiger partial charge in [-0.05, 0) is 49.8 Å². The molecule has 0 saturated carbocycles. The molecule has 2 aliphatic heterocycles. The number of aryl methyl sites for hydroxylation is 1. The predicted molar refractivity (Wildman–Crippen MR) is 127 cm³/mol. The first-order chi connectivity index (χ1) is 16.5. The van der Waals surface area contributed by atoms with Gasteiger partial charge in [0, 0.05) is 31.4 Å². The number of carbonyl (C=O) groups is 2. The zero-order chi connectivity index (χ0) is 23.4. The van der Waals surface area contributed by atoms with Gasteiger partial charge in [0.2, 0.25) is 0 Å². The number of hydrogen-bond acceptors (Lipinski definition) is 6. The lowest BCUT2D eigenvalue weighted by molar-refractivity contribution is 0.0879. The normalized spacial score (nSPS) is 20.1. The summed E-state index contributed by atoms with van der Waals surface area (Å²) in [5, 5.41) is 11.2. The molecule has 1 fully saturated rings. The fourth-order valence-electron chi connectivity index (χ4n) is 5.36. The first-order valence-electron chi connectivity index (χ1n) is 11.6. The van der Waals surface area contributed by atoms with Crippen molar-refractivity contribution in [2.45, 2.75) is 32.2 Å². The van der Waals surface area contributed by atoms with Crippen LogP contribution in [0.4, 0.5) is 5.82 Å². The van der Waals surface area contributed by atoms with Gasteiger partial charge in [0.15, 0.2) is 5.82 Å². The largest absolute Gasteiger partial charge is 0.352 e. The van der Waals surface area contributed by atoms with E-state index in [1.54, 1.807) is 16.9 Å². The summed E-state index contributed by atoms with van der Waals surface area (Å²) >= 11 is 0. The summed E-state index contributed by atoms with van der Waals surface area (Å²) < 4.78 is 3.65. The molecule has 2 aliphatic rings. The van der Waals surface area contributed by atoms with Crippen molar-refractivity contribution >= 4 is 23.1 Å². The highest BCUT2D eigenvalue weighted by atomic mass is 16.2. The zero-order valence-electron chi connectivity index (χ0n) is 19.1. The van der Waals surface area contributed by atoms with Crippen LogP contribution in [0.25, 0.3) is 16.8 Å². The standard InChI is InChI=1S/C25H25N7O2/c1-15-10-16(11-17-4-3-5-19-22(17)25(34)29-24(19)33)7-9-31(15)23-21-6-8-26-32(21)14-20(28-23)18-12-27-30(2)13-18/h3-6,8,12-16H,7,9-11H2,1-2H3,(H,29,33,34). The van der Waals surface area contributed by atoms with Crippen LogP contribution in [0.15, 0.2) is 49.1 Å². The summed E-state index contributed by atoms with van der Waals surface area (Å²) in [5.41, 5.74) is 4.77. The van der Waals surface area contributed by atoms with E-state index in [0.29, 0.717) is 17.0 Å². The van der Waals surface area contributed by atoms with E-state index in [-0.39, 0.29) is 17.9 Å². The molecule has 1 aromatic carbocycles. The molecule has 1 saturated heterocycles. The van der Waals surface area contributed by atoms with Crippen molar-refractivity contribution in [3.8, 4) is 11.3 Å². The van der Waals surface area contributed by atoms with E-state index in [4.69, 9.17) is 4.98 Å². The molecule has 2 atom stereocenters. The van der Waals surface area contributed by atoms with Gasteiger partial charge in [-0.1, -0.05) is 12.1 Å². The molecular formula is C25H25N7O2. The summed E-state index contributed by atoms with van der Waals surface area (Å²) in [6, 6.07) is 7.83. The Balaban J connectivity index is 1.26. The van der Waals surface area contributed by atoms with Gasteiger partial charge in [0.25, 0.3) is 11.8 Å². The fraction of sp³-hybridized carbons (Fsp3) is 0.320. The van der Waals surface area contributed by atoms with E-state index in [9.17, 15) is 9.59 Å². The van der Waals surface area contributed by atoms with Crippen molar-refractivity contribution in [3.05, 3.63) is 65.7 Å². The number of aromatic nitrogens is 5. The number of fused-ring (bicyclic) bond motifs is 2. The summed E-state index contributed by atoms with van der Waals surface area (Å²) in [5.74, 6) is 0.772. The third kappa shape index (κ3) is 3.35. The summed E-state index contributed by atoms with van der Waals surface area (Å²) in [6.45, 7) is 3.08. The van der Waals surface area contributed by atoms with E-state index in [1.165, 1.54) is 0 Å². The molecule has 9 nitrogen and oxygen atoms in total. The highest BCUT2D eigenvalue weighted by Gasteiger charge is 2.32. The van der Waals surface area contributed by atoms with E-state index in [1.807, 2.05) is 48.4 Å². The minimum absolute atomic E-state index is 0.265. The van der Waals surface area contributed by atoms with E-state index >= 15 is 0 Å². The second-order valence-electron chi connectivity index (χ2n) is 9.27. The first kappa shape index (κ1) is 20.6. The average molecular weight is 456 g/mol. The van der Waals surface area contributed by atoms with Gasteiger partial charge < -0.3 is 4.90 Å². The van der Waals surface area contributed by atoms with Crippen LogP contribution >= 0.6 is 0 Å². The minimum atomic E-state index is -0.297. The number of nitrogens with zero attached hydrogens (tertiary/aromatic N) is 6. The number of piperidine rings is 1. The monoisotopic (exact) mass is 455 g/mol. The molecular weight excluding hydrogens is 430 g/mol. The molecule has 0 aliphatic carbocycles. The maximum absolute atomic E-state index is 12.3. The predicted octanol–water partition coefficient (Wildman–Crippen LogP) is 2.86. The number of anilines is 1. The molecule has 172 valence electrons. The van der Waals surface area contributed by atoms with Gasteiger partial charge in [0.05, 0.1) is 35.4 Å². The van der Waals surface area contributed by atoms with Crippen molar-refractivity contribution in [1.29, 1.82) is 0 Å². The molecule has 6 rings (SSSR count). The molecule has 4 aromatic rings. The van der Waals surface area contributed by atoms with Crippen molar-refractivity contribution in [2.24, 2.45) is 13.0 Å². The maximum Gasteiger partial charge on any atom is 0.259 e. The smallest absolute Gasteiger partial charge is 0.259 e. The maximum atomic E-state index is 12.3. The zero-order valence-corrected chi connectivity index (χ0v) is 19.1. The minimum Gasteiger partial charge on any atom is -0.352 e. The lowest BCUT2D eigenvalue weighted by Gasteiger charge is -2.39. The van der Waals surface area contributed by atoms with E-state index in [2.05, 4.69) is 27.3 Å². The van der Waals surface area contributed by atoms with Crippen LogP contribution in [-0.4, -0.2) is 48.8 Å². The Bertz CT molecular complexity index is 1440. The Morgan fingerprint density at radius 3 is 2.79 bits per heavy atom. The molecule has 0 spiro atoms. The fourth-order valence-corrected chi connectivity index (χ4v) is 5.36. The SMILES string of the molecule is CC1CC(Cc2cccc3c2C(=O)NC3=O)CCN1c1nc(-c2cnn(C)c2)cn2nccc12. The van der Waals surface area contributed by atoms with Crippen LogP contribution in [0.2, 0.25) is 0 Å². The Morgan fingerprint density at radius 2 is 2.00 bits per heavy atom. The lowest BCUT2D eigenvalue weighted by Crippen LogP contribution is -2.42. The van der Waals surface area contributed by atoms with E-state index in [0.717, 1.165) is 54.0 Å². The van der Waals surface area contributed by atoms with Crippen LogP contribution in [0.5, 0.6) is 0 Å². The quantitative estimate of drug-likeness (QED) is 0.475. The number of amides is 2. The number of hydrogen-bond donors (Lipinski definition) is 1. The Kier molecular flexibility index (Phi) is 4.72. The van der Waals surface area contributed by atoms with Gasteiger partial charge in [-0.2, -0.15) is 10.2 Å². The Morgan fingerprint density at radius 1 is 1.12 bits per heavy atom. The highest BCUT2D eigenvalue weighted by molar-refractivity contribution is 6.22. The Hall–Kier alpha value is -4.01. The molecule has 3 aromatic heterocycles. The van der Waals surface area contributed by atoms with Crippen molar-refractivity contribution in [2.75, 3.05) is 11.4 Å². The first-order valence-corrected chi connectivity index (χ1v) is 11.6. The van der Waals surface area contributed by atoms with Crippen molar-refractivity contribution in [1.82, 2.24) is 29.7 Å². The number of rotatable bonds is 4. The number of imide groups is 1. The lowest BCUT2D eigenvalue weighted by atomic mass is 9.84. The van der Waals surface area contributed by atoms with Crippen LogP contribution in [0.3, 0.4) is 0 Å². The van der Waals surface area contributed by atoms with Gasteiger partial charge in [-0.25, -0.2) is 9.50 Å². The van der Waals surface area contributed by atoms with Crippen LogP contribution in [0.1, 0.15) is 46.0 Å². The molecule has 2 unspecified atom stereocenters. The van der Waals surface area contributed by atoms with Gasteiger partial charge in [0.1, 0.15) is 5.52 Å². The number of carbonyl (C=O) groups excluding carboxylic acids is 2. The van der Waals surface area contributed by atoms with Crippen LogP contribution < -0.4 is 10.2 Å². The molecule has 0 bridgehead atoms. The molecule has 2 amide bonds.